The highest BCUT2D eigenvalue weighted by molar-refractivity contribution is 5.24. The van der Waals surface area contributed by atoms with Gasteiger partial charge in [-0.15, -0.1) is 0 Å². The number of benzene rings is 1. The normalized spacial score (nSPS) is 12.7. The smallest absolute Gasteiger partial charge is 0.0624 e. The van der Waals surface area contributed by atoms with Gasteiger partial charge in [-0.2, -0.15) is 0 Å². The molecule has 1 atom stereocenters. The lowest BCUT2D eigenvalue weighted by molar-refractivity contribution is 0.195. The molecule has 0 aliphatic heterocycles. The minimum Gasteiger partial charge on any atom is -0.394 e. The molecule has 1 aromatic carbocycles. The van der Waals surface area contributed by atoms with Crippen molar-refractivity contribution in [3.05, 3.63) is 35.4 Å². The molecule has 0 fully saturated rings. The van der Waals surface area contributed by atoms with Gasteiger partial charge in [-0.25, -0.2) is 0 Å². The Kier molecular flexibility index (Phi) is 5.32. The lowest BCUT2D eigenvalue weighted by atomic mass is 10.0. The molecule has 0 aliphatic rings. The fourth-order valence-corrected chi connectivity index (χ4v) is 1.46. The van der Waals surface area contributed by atoms with E-state index in [1.807, 2.05) is 12.1 Å². The highest BCUT2D eigenvalue weighted by atomic mass is 16.5. The molecule has 84 valence electrons. The lowest BCUT2D eigenvalue weighted by Gasteiger charge is -2.09. The van der Waals surface area contributed by atoms with Crippen LogP contribution in [0.3, 0.4) is 0 Å². The van der Waals surface area contributed by atoms with Gasteiger partial charge in [0.15, 0.2) is 0 Å². The predicted molar refractivity (Wildman–Crippen MR) is 60.7 cm³/mol. The molecule has 0 saturated carbocycles. The maximum absolute atomic E-state index is 8.89. The second kappa shape index (κ2) is 6.56. The van der Waals surface area contributed by atoms with E-state index in [0.29, 0.717) is 0 Å². The van der Waals surface area contributed by atoms with Crippen LogP contribution in [0.2, 0.25) is 0 Å². The molecule has 0 saturated heterocycles. The maximum atomic E-state index is 8.89. The minimum atomic E-state index is -0.266. The largest absolute Gasteiger partial charge is 0.394 e. The average Bonchev–Trinajstić information content (AvgIpc) is 2.29. The molecule has 0 spiro atoms. The first-order valence-electron chi connectivity index (χ1n) is 5.22. The molecule has 0 bridgehead atoms. The van der Waals surface area contributed by atoms with Gasteiger partial charge in [0.25, 0.3) is 0 Å². The van der Waals surface area contributed by atoms with E-state index < -0.39 is 0 Å². The number of hydrogen-bond acceptors (Lipinski definition) is 3. The molecule has 3 nitrogen and oxygen atoms in total. The van der Waals surface area contributed by atoms with Crippen LogP contribution in [0.5, 0.6) is 0 Å². The monoisotopic (exact) mass is 209 g/mol. The molecule has 0 radical (unpaired) electrons. The van der Waals surface area contributed by atoms with Crippen LogP contribution in [-0.2, 0) is 11.2 Å². The quantitative estimate of drug-likeness (QED) is 0.693. The van der Waals surface area contributed by atoms with Crippen LogP contribution in [0.15, 0.2) is 24.3 Å². The summed E-state index contributed by atoms with van der Waals surface area (Å²) in [5.41, 5.74) is 7.95. The first-order valence-corrected chi connectivity index (χ1v) is 5.22. The number of aliphatic hydroxyl groups excluding tert-OH is 1. The van der Waals surface area contributed by atoms with Crippen molar-refractivity contribution in [1.82, 2.24) is 0 Å². The van der Waals surface area contributed by atoms with E-state index in [9.17, 15) is 0 Å². The van der Waals surface area contributed by atoms with E-state index in [0.717, 1.165) is 25.0 Å². The van der Waals surface area contributed by atoms with Gasteiger partial charge in [0.05, 0.1) is 12.6 Å². The zero-order valence-corrected chi connectivity index (χ0v) is 9.15. The van der Waals surface area contributed by atoms with Crippen LogP contribution in [0.25, 0.3) is 0 Å². The van der Waals surface area contributed by atoms with Gasteiger partial charge in [-0.1, -0.05) is 24.3 Å². The molecule has 1 aromatic rings. The Morgan fingerprint density at radius 3 is 2.53 bits per heavy atom. The van der Waals surface area contributed by atoms with Crippen LogP contribution < -0.4 is 5.73 Å². The molecule has 15 heavy (non-hydrogen) atoms. The van der Waals surface area contributed by atoms with Crippen molar-refractivity contribution in [2.45, 2.75) is 18.9 Å². The van der Waals surface area contributed by atoms with Crippen LogP contribution >= 0.6 is 0 Å². The average molecular weight is 209 g/mol. The van der Waals surface area contributed by atoms with E-state index in [-0.39, 0.29) is 12.6 Å². The first kappa shape index (κ1) is 12.2. The van der Waals surface area contributed by atoms with Gasteiger partial charge < -0.3 is 15.6 Å². The number of ether oxygens (including phenoxy) is 1. The summed E-state index contributed by atoms with van der Waals surface area (Å²) in [4.78, 5) is 0. The Bertz CT molecular complexity index is 271. The van der Waals surface area contributed by atoms with Crippen molar-refractivity contribution < 1.29 is 9.84 Å². The first-order chi connectivity index (χ1) is 7.27. The molecule has 1 rings (SSSR count). The zero-order chi connectivity index (χ0) is 11.1. The Morgan fingerprint density at radius 1 is 1.33 bits per heavy atom. The molecular formula is C12H19NO2. The molecular weight excluding hydrogens is 190 g/mol. The van der Waals surface area contributed by atoms with Crippen LogP contribution in [0, 0.1) is 0 Å². The van der Waals surface area contributed by atoms with Crippen molar-refractivity contribution in [3.63, 3.8) is 0 Å². The highest BCUT2D eigenvalue weighted by Gasteiger charge is 2.03. The van der Waals surface area contributed by atoms with E-state index >= 15 is 0 Å². The van der Waals surface area contributed by atoms with Gasteiger partial charge >= 0.3 is 0 Å². The number of nitrogens with two attached hydrogens (primary N) is 1. The van der Waals surface area contributed by atoms with Crippen molar-refractivity contribution in [1.29, 1.82) is 0 Å². The van der Waals surface area contributed by atoms with Crippen molar-refractivity contribution in [3.8, 4) is 0 Å². The second-order valence-corrected chi connectivity index (χ2v) is 3.63. The fraction of sp³-hybridized carbons (Fsp3) is 0.500. The summed E-state index contributed by atoms with van der Waals surface area (Å²) in [5, 5.41) is 8.89. The standard InChI is InChI=1S/C12H19NO2/c1-15-8-2-3-10-4-6-11(7-5-10)12(13)9-14/h4-7,12,14H,2-3,8-9,13H2,1H3. The lowest BCUT2D eigenvalue weighted by Crippen LogP contribution is -2.14. The summed E-state index contributed by atoms with van der Waals surface area (Å²) in [6.07, 6.45) is 2.05. The van der Waals surface area contributed by atoms with E-state index in [4.69, 9.17) is 15.6 Å². The number of hydrogen-bond donors (Lipinski definition) is 2. The van der Waals surface area contributed by atoms with Gasteiger partial charge in [0, 0.05) is 13.7 Å². The van der Waals surface area contributed by atoms with E-state index in [1.54, 1.807) is 7.11 Å². The van der Waals surface area contributed by atoms with E-state index in [2.05, 4.69) is 12.1 Å². The van der Waals surface area contributed by atoms with E-state index in [1.165, 1.54) is 5.56 Å². The van der Waals surface area contributed by atoms with Gasteiger partial charge in [0.1, 0.15) is 0 Å². The Morgan fingerprint density at radius 2 is 2.00 bits per heavy atom. The summed E-state index contributed by atoms with van der Waals surface area (Å²) < 4.78 is 4.99. The van der Waals surface area contributed by atoms with Crippen molar-refractivity contribution in [2.75, 3.05) is 20.3 Å². The molecule has 1 unspecified atom stereocenters. The van der Waals surface area contributed by atoms with Crippen molar-refractivity contribution >= 4 is 0 Å². The third kappa shape index (κ3) is 4.00. The molecule has 3 N–H and O–H groups in total. The number of methoxy groups -OCH3 is 1. The van der Waals surface area contributed by atoms with Gasteiger partial charge in [-0.3, -0.25) is 0 Å². The SMILES string of the molecule is COCCCc1ccc(C(N)CO)cc1. The maximum Gasteiger partial charge on any atom is 0.0624 e. The molecule has 0 aliphatic carbocycles. The van der Waals surface area contributed by atoms with Gasteiger partial charge in [0.2, 0.25) is 0 Å². The number of aliphatic hydroxyl groups is 1. The topological polar surface area (TPSA) is 55.5 Å². The number of rotatable bonds is 6. The Labute approximate surface area is 90.9 Å². The third-order valence-corrected chi connectivity index (χ3v) is 2.42. The molecule has 0 aromatic heterocycles. The predicted octanol–water partition coefficient (Wildman–Crippen LogP) is 1.26. The summed E-state index contributed by atoms with van der Waals surface area (Å²) in [7, 11) is 1.71. The van der Waals surface area contributed by atoms with Crippen molar-refractivity contribution in [2.24, 2.45) is 5.73 Å². The summed E-state index contributed by atoms with van der Waals surface area (Å²) in [5.74, 6) is 0. The summed E-state index contributed by atoms with van der Waals surface area (Å²) >= 11 is 0. The van der Waals surface area contributed by atoms with Crippen LogP contribution in [0.4, 0.5) is 0 Å². The zero-order valence-electron chi connectivity index (χ0n) is 9.15. The Hall–Kier alpha value is -0.900. The molecule has 0 heterocycles. The fourth-order valence-electron chi connectivity index (χ4n) is 1.46. The van der Waals surface area contributed by atoms with Crippen LogP contribution in [0.1, 0.15) is 23.6 Å². The molecule has 0 amide bonds. The molecule has 3 heteroatoms. The third-order valence-electron chi connectivity index (χ3n) is 2.42. The van der Waals surface area contributed by atoms with Gasteiger partial charge in [-0.05, 0) is 24.0 Å². The van der Waals surface area contributed by atoms with Crippen LogP contribution in [-0.4, -0.2) is 25.4 Å². The second-order valence-electron chi connectivity index (χ2n) is 3.63. The minimum absolute atomic E-state index is 0.0109. The summed E-state index contributed by atoms with van der Waals surface area (Å²) in [6, 6.07) is 7.80. The highest BCUT2D eigenvalue weighted by Crippen LogP contribution is 2.12. The summed E-state index contributed by atoms with van der Waals surface area (Å²) in [6.45, 7) is 0.779. The Balaban J connectivity index is 2.49. The number of aryl methyl sites for hydroxylation is 1.